The molecule has 0 saturated heterocycles. The van der Waals surface area contributed by atoms with Crippen molar-refractivity contribution in [2.24, 2.45) is 0 Å². The van der Waals surface area contributed by atoms with Crippen molar-refractivity contribution in [3.05, 3.63) is 42.5 Å². The molecule has 0 aromatic heterocycles. The van der Waals surface area contributed by atoms with E-state index in [1.165, 1.54) is 11.1 Å². The lowest BCUT2D eigenvalue weighted by Crippen LogP contribution is -2.02. The molecule has 0 radical (unpaired) electrons. The standard InChI is InChI=1S/C18H18N2O2/c1-2-9-19-18-8-5-14-13(4-6-15(14)20-18)12-3-7-16-17(10-12)22-11-21-16/h3-8,10,19-20H,2,9,11H2,1H3. The van der Waals surface area contributed by atoms with Crippen molar-refractivity contribution in [2.75, 3.05) is 18.7 Å². The molecular formula is C18H18N2O2. The van der Waals surface area contributed by atoms with Crippen LogP contribution in [0.1, 0.15) is 13.3 Å². The van der Waals surface area contributed by atoms with E-state index in [0.29, 0.717) is 6.79 Å². The lowest BCUT2D eigenvalue weighted by atomic mass is 10.0. The van der Waals surface area contributed by atoms with Gasteiger partial charge in [0.2, 0.25) is 6.79 Å². The summed E-state index contributed by atoms with van der Waals surface area (Å²) in [6.07, 6.45) is 1.11. The Kier molecular flexibility index (Phi) is 3.15. The monoisotopic (exact) mass is 294 g/mol. The molecule has 4 heteroatoms. The first-order valence-electron chi connectivity index (χ1n) is 7.61. The van der Waals surface area contributed by atoms with Gasteiger partial charge in [-0.1, -0.05) is 19.1 Å². The van der Waals surface area contributed by atoms with Crippen LogP contribution in [0.5, 0.6) is 11.5 Å². The predicted octanol–water partition coefficient (Wildman–Crippen LogP) is 4.34. The van der Waals surface area contributed by atoms with E-state index in [1.807, 2.05) is 12.1 Å². The van der Waals surface area contributed by atoms with Crippen LogP contribution in [0.15, 0.2) is 42.5 Å². The Labute approximate surface area is 129 Å². The first-order chi connectivity index (χ1) is 10.8. The van der Waals surface area contributed by atoms with Crippen LogP contribution in [0.25, 0.3) is 22.4 Å². The normalized spacial score (nSPS) is 12.8. The summed E-state index contributed by atoms with van der Waals surface area (Å²) in [5.41, 5.74) is 4.68. The van der Waals surface area contributed by atoms with Gasteiger partial charge in [0.05, 0.1) is 0 Å². The minimum absolute atomic E-state index is 0.306. The summed E-state index contributed by atoms with van der Waals surface area (Å²) in [6, 6.07) is 14.6. The summed E-state index contributed by atoms with van der Waals surface area (Å²) in [6.45, 7) is 3.43. The van der Waals surface area contributed by atoms with Crippen molar-refractivity contribution in [1.29, 1.82) is 0 Å². The third-order valence-corrected chi connectivity index (χ3v) is 3.93. The Balaban J connectivity index is 1.70. The van der Waals surface area contributed by atoms with Gasteiger partial charge in [-0.2, -0.15) is 0 Å². The highest BCUT2D eigenvalue weighted by atomic mass is 16.7. The molecule has 0 atom stereocenters. The Morgan fingerprint density at radius 1 is 1.00 bits per heavy atom. The van der Waals surface area contributed by atoms with Crippen LogP contribution in [0.2, 0.25) is 0 Å². The van der Waals surface area contributed by atoms with Crippen molar-refractivity contribution in [3.8, 4) is 33.9 Å². The summed E-state index contributed by atoms with van der Waals surface area (Å²) in [5, 5.41) is 3.38. The molecule has 4 rings (SSSR count). The zero-order valence-electron chi connectivity index (χ0n) is 12.5. The molecule has 3 aliphatic rings. The maximum Gasteiger partial charge on any atom is 0.231 e. The van der Waals surface area contributed by atoms with Crippen molar-refractivity contribution >= 4 is 5.82 Å². The van der Waals surface area contributed by atoms with Gasteiger partial charge in [-0.3, -0.25) is 0 Å². The first kappa shape index (κ1) is 13.1. The third kappa shape index (κ3) is 2.17. The molecule has 0 fully saturated rings. The molecule has 0 spiro atoms. The van der Waals surface area contributed by atoms with Crippen molar-refractivity contribution in [2.45, 2.75) is 13.3 Å². The fourth-order valence-electron chi connectivity index (χ4n) is 2.81. The maximum atomic E-state index is 5.47. The molecule has 22 heavy (non-hydrogen) atoms. The van der Waals surface area contributed by atoms with Crippen LogP contribution in [0.3, 0.4) is 0 Å². The number of nitrogens with one attached hydrogen (secondary N) is 2. The van der Waals surface area contributed by atoms with Gasteiger partial charge in [0.1, 0.15) is 5.82 Å². The van der Waals surface area contributed by atoms with Crippen LogP contribution >= 0.6 is 0 Å². The second kappa shape index (κ2) is 5.30. The molecule has 0 bridgehead atoms. The lowest BCUT2D eigenvalue weighted by molar-refractivity contribution is 0.174. The Hall–Kier alpha value is -2.62. The van der Waals surface area contributed by atoms with E-state index < -0.39 is 0 Å². The molecule has 2 heterocycles. The van der Waals surface area contributed by atoms with E-state index in [0.717, 1.165) is 41.5 Å². The quantitative estimate of drug-likeness (QED) is 0.752. The number of pyridine rings is 1. The van der Waals surface area contributed by atoms with Gasteiger partial charge in [-0.15, -0.1) is 0 Å². The highest BCUT2D eigenvalue weighted by Gasteiger charge is 2.17. The van der Waals surface area contributed by atoms with E-state index in [1.54, 1.807) is 0 Å². The van der Waals surface area contributed by atoms with E-state index >= 15 is 0 Å². The minimum Gasteiger partial charge on any atom is -0.454 e. The predicted molar refractivity (Wildman–Crippen MR) is 87.8 cm³/mol. The molecule has 0 amide bonds. The lowest BCUT2D eigenvalue weighted by Gasteiger charge is -2.10. The number of hydrogen-bond acceptors (Lipinski definition) is 3. The van der Waals surface area contributed by atoms with Crippen molar-refractivity contribution < 1.29 is 9.47 Å². The van der Waals surface area contributed by atoms with Crippen molar-refractivity contribution in [3.63, 3.8) is 0 Å². The van der Waals surface area contributed by atoms with Gasteiger partial charge in [0.15, 0.2) is 11.5 Å². The van der Waals surface area contributed by atoms with Crippen LogP contribution in [0.4, 0.5) is 5.82 Å². The molecule has 4 nitrogen and oxygen atoms in total. The first-order valence-corrected chi connectivity index (χ1v) is 7.61. The number of hydrogen-bond donors (Lipinski definition) is 2. The van der Waals surface area contributed by atoms with Crippen LogP contribution < -0.4 is 14.8 Å². The van der Waals surface area contributed by atoms with Gasteiger partial charge >= 0.3 is 0 Å². The summed E-state index contributed by atoms with van der Waals surface area (Å²) < 4.78 is 10.8. The number of rotatable bonds is 4. The second-order valence-electron chi connectivity index (χ2n) is 5.44. The SMILES string of the molecule is CCCNc1ccc2c(-c3ccc4c(c3)OCO4)ccc-2[nH]1. The number of aromatic nitrogens is 1. The highest BCUT2D eigenvalue weighted by Crippen LogP contribution is 2.40. The molecule has 2 aliphatic heterocycles. The summed E-state index contributed by atoms with van der Waals surface area (Å²) in [7, 11) is 0. The fraction of sp³-hybridized carbons (Fsp3) is 0.222. The maximum absolute atomic E-state index is 5.47. The fourth-order valence-corrected chi connectivity index (χ4v) is 2.81. The average Bonchev–Trinajstić information content (AvgIpc) is 3.18. The second-order valence-corrected chi connectivity index (χ2v) is 5.44. The number of fused-ring (bicyclic) bond motifs is 2. The molecule has 1 aliphatic carbocycles. The van der Waals surface area contributed by atoms with Gasteiger partial charge in [0.25, 0.3) is 0 Å². The number of anilines is 1. The zero-order valence-corrected chi connectivity index (χ0v) is 12.5. The summed E-state index contributed by atoms with van der Waals surface area (Å²) in [5.74, 6) is 2.69. The molecular weight excluding hydrogens is 276 g/mol. The van der Waals surface area contributed by atoms with Crippen LogP contribution in [0, 0.1) is 0 Å². The molecule has 0 unspecified atom stereocenters. The summed E-state index contributed by atoms with van der Waals surface area (Å²) in [4.78, 5) is 3.44. The third-order valence-electron chi connectivity index (χ3n) is 3.93. The smallest absolute Gasteiger partial charge is 0.231 e. The average molecular weight is 294 g/mol. The molecule has 0 saturated carbocycles. The Morgan fingerprint density at radius 3 is 2.77 bits per heavy atom. The van der Waals surface area contributed by atoms with Gasteiger partial charge in [-0.05, 0) is 47.9 Å². The molecule has 2 N–H and O–H groups in total. The van der Waals surface area contributed by atoms with E-state index in [2.05, 4.69) is 47.6 Å². The highest BCUT2D eigenvalue weighted by molar-refractivity contribution is 5.86. The van der Waals surface area contributed by atoms with Gasteiger partial charge in [-0.25, -0.2) is 0 Å². The number of ether oxygens (including phenoxy) is 2. The van der Waals surface area contributed by atoms with Gasteiger partial charge in [0, 0.05) is 17.8 Å². The Bertz CT molecular complexity index is 779. The number of benzene rings is 1. The van der Waals surface area contributed by atoms with E-state index in [4.69, 9.17) is 9.47 Å². The molecule has 112 valence electrons. The van der Waals surface area contributed by atoms with E-state index in [-0.39, 0.29) is 0 Å². The topological polar surface area (TPSA) is 46.3 Å². The van der Waals surface area contributed by atoms with E-state index in [9.17, 15) is 0 Å². The van der Waals surface area contributed by atoms with Crippen LogP contribution in [-0.2, 0) is 0 Å². The molecule has 1 aromatic rings. The van der Waals surface area contributed by atoms with Gasteiger partial charge < -0.3 is 19.8 Å². The zero-order chi connectivity index (χ0) is 14.9. The van der Waals surface area contributed by atoms with Crippen molar-refractivity contribution in [1.82, 2.24) is 4.98 Å². The largest absolute Gasteiger partial charge is 0.454 e. The number of H-pyrrole nitrogens is 1. The Morgan fingerprint density at radius 2 is 1.86 bits per heavy atom. The molecule has 1 aromatic carbocycles. The van der Waals surface area contributed by atoms with Crippen LogP contribution in [-0.4, -0.2) is 18.3 Å². The summed E-state index contributed by atoms with van der Waals surface area (Å²) >= 11 is 0. The number of aromatic amines is 1. The minimum atomic E-state index is 0.306.